The molecule has 0 atom stereocenters. The number of fused-ring (bicyclic) bond motifs is 1. The molecule has 102 valence electrons. The van der Waals surface area contributed by atoms with Crippen LogP contribution in [0.2, 0.25) is 0 Å². The molecule has 0 saturated heterocycles. The number of aliphatic hydroxyl groups is 1. The van der Waals surface area contributed by atoms with E-state index in [2.05, 4.69) is 0 Å². The molecule has 0 bridgehead atoms. The Balaban J connectivity index is 2.67. The molecule has 1 aromatic carbocycles. The molecule has 2 aromatic rings. The van der Waals surface area contributed by atoms with Gasteiger partial charge in [0.05, 0.1) is 11.1 Å². The molecule has 0 amide bonds. The fourth-order valence-electron chi connectivity index (χ4n) is 2.43. The zero-order valence-corrected chi connectivity index (χ0v) is 11.3. The van der Waals surface area contributed by atoms with Crippen LogP contribution in [0.25, 0.3) is 10.9 Å². The number of aryl methyl sites for hydroxylation is 1. The third-order valence-electron chi connectivity index (χ3n) is 3.33. The molecule has 0 aliphatic heterocycles. The molecule has 0 aliphatic carbocycles. The second kappa shape index (κ2) is 5.45. The van der Waals surface area contributed by atoms with Gasteiger partial charge in [-0.1, -0.05) is 12.1 Å². The van der Waals surface area contributed by atoms with Gasteiger partial charge in [-0.25, -0.2) is 4.79 Å². The molecule has 0 saturated carbocycles. The summed E-state index contributed by atoms with van der Waals surface area (Å²) in [5.41, 5.74) is 2.21. The molecule has 19 heavy (non-hydrogen) atoms. The van der Waals surface area contributed by atoms with Crippen LogP contribution in [0.4, 0.5) is 0 Å². The van der Waals surface area contributed by atoms with Crippen molar-refractivity contribution in [3.63, 3.8) is 0 Å². The van der Waals surface area contributed by atoms with Crippen molar-refractivity contribution in [3.05, 3.63) is 35.5 Å². The van der Waals surface area contributed by atoms with Gasteiger partial charge in [0.25, 0.3) is 0 Å². The summed E-state index contributed by atoms with van der Waals surface area (Å²) in [4.78, 5) is 11.4. The van der Waals surface area contributed by atoms with Crippen molar-refractivity contribution < 1.29 is 15.0 Å². The summed E-state index contributed by atoms with van der Waals surface area (Å²) in [5, 5.41) is 19.3. The van der Waals surface area contributed by atoms with Gasteiger partial charge in [-0.15, -0.1) is 0 Å². The Kier molecular flexibility index (Phi) is 3.90. The molecule has 1 heterocycles. The smallest absolute Gasteiger partial charge is 0.337 e. The van der Waals surface area contributed by atoms with Crippen LogP contribution in [0, 0.1) is 0 Å². The molecule has 0 spiro atoms. The lowest BCUT2D eigenvalue weighted by Crippen LogP contribution is -2.04. The van der Waals surface area contributed by atoms with Crippen molar-refractivity contribution in [1.29, 1.82) is 0 Å². The summed E-state index contributed by atoms with van der Waals surface area (Å²) in [7, 11) is 0. The molecule has 2 rings (SSSR count). The lowest BCUT2D eigenvalue weighted by Gasteiger charge is -2.10. The highest BCUT2D eigenvalue weighted by molar-refractivity contribution is 6.03. The number of aromatic carboxylic acids is 1. The number of carboxylic acids is 1. The van der Waals surface area contributed by atoms with Crippen LogP contribution in [0.15, 0.2) is 24.4 Å². The SMILES string of the molecule is CC(C)n1cc(CCCO)c2cccc(C(=O)O)c21. The summed E-state index contributed by atoms with van der Waals surface area (Å²) in [5.74, 6) is -0.903. The monoisotopic (exact) mass is 261 g/mol. The van der Waals surface area contributed by atoms with Crippen molar-refractivity contribution in [2.75, 3.05) is 6.61 Å². The van der Waals surface area contributed by atoms with Crippen molar-refractivity contribution in [2.24, 2.45) is 0 Å². The van der Waals surface area contributed by atoms with Gasteiger partial charge in [0.2, 0.25) is 0 Å². The topological polar surface area (TPSA) is 62.5 Å². The molecule has 0 unspecified atom stereocenters. The molecular weight excluding hydrogens is 242 g/mol. The fourth-order valence-corrected chi connectivity index (χ4v) is 2.43. The van der Waals surface area contributed by atoms with E-state index in [4.69, 9.17) is 5.11 Å². The molecule has 4 heteroatoms. The number of aromatic nitrogens is 1. The number of hydrogen-bond donors (Lipinski definition) is 2. The number of aliphatic hydroxyl groups excluding tert-OH is 1. The third kappa shape index (κ3) is 2.49. The third-order valence-corrected chi connectivity index (χ3v) is 3.33. The second-order valence-corrected chi connectivity index (χ2v) is 4.99. The van der Waals surface area contributed by atoms with Crippen molar-refractivity contribution >= 4 is 16.9 Å². The fraction of sp³-hybridized carbons (Fsp3) is 0.400. The van der Waals surface area contributed by atoms with Crippen molar-refractivity contribution in [3.8, 4) is 0 Å². The van der Waals surface area contributed by atoms with E-state index in [1.165, 1.54) is 0 Å². The Bertz CT molecular complexity index is 599. The first kappa shape index (κ1) is 13.6. The largest absolute Gasteiger partial charge is 0.478 e. The van der Waals surface area contributed by atoms with E-state index >= 15 is 0 Å². The summed E-state index contributed by atoms with van der Waals surface area (Å²) in [6.07, 6.45) is 3.46. The number of benzene rings is 1. The standard InChI is InChI=1S/C15H19NO3/c1-10(2)16-9-11(5-4-8-17)12-6-3-7-13(14(12)16)15(18)19/h3,6-7,9-10,17H,4-5,8H2,1-2H3,(H,18,19). The maximum Gasteiger partial charge on any atom is 0.337 e. The maximum atomic E-state index is 11.4. The van der Waals surface area contributed by atoms with Gasteiger partial charge in [0, 0.05) is 24.2 Å². The molecular formula is C15H19NO3. The normalized spacial score (nSPS) is 11.4. The van der Waals surface area contributed by atoms with Gasteiger partial charge in [-0.05, 0) is 38.3 Å². The Morgan fingerprint density at radius 2 is 2.11 bits per heavy atom. The average Bonchev–Trinajstić information content (AvgIpc) is 2.75. The van der Waals surface area contributed by atoms with Crippen LogP contribution in [-0.2, 0) is 6.42 Å². The first-order chi connectivity index (χ1) is 9.06. The van der Waals surface area contributed by atoms with Gasteiger partial charge in [0.1, 0.15) is 0 Å². The van der Waals surface area contributed by atoms with Crippen LogP contribution >= 0.6 is 0 Å². The summed E-state index contributed by atoms with van der Waals surface area (Å²) in [6.45, 7) is 4.22. The van der Waals surface area contributed by atoms with Gasteiger partial charge in [-0.2, -0.15) is 0 Å². The van der Waals surface area contributed by atoms with Crippen molar-refractivity contribution in [2.45, 2.75) is 32.7 Å². The van der Waals surface area contributed by atoms with E-state index in [-0.39, 0.29) is 12.6 Å². The summed E-state index contributed by atoms with van der Waals surface area (Å²) in [6, 6.07) is 5.57. The minimum atomic E-state index is -0.903. The predicted octanol–water partition coefficient (Wildman–Crippen LogP) is 2.85. The quantitative estimate of drug-likeness (QED) is 0.870. The lowest BCUT2D eigenvalue weighted by atomic mass is 10.1. The highest BCUT2D eigenvalue weighted by Gasteiger charge is 2.17. The molecule has 0 aliphatic rings. The van der Waals surface area contributed by atoms with Crippen molar-refractivity contribution in [1.82, 2.24) is 4.57 Å². The van der Waals surface area contributed by atoms with E-state index in [1.54, 1.807) is 12.1 Å². The predicted molar refractivity (Wildman–Crippen MR) is 74.7 cm³/mol. The molecule has 4 nitrogen and oxygen atoms in total. The van der Waals surface area contributed by atoms with E-state index in [1.807, 2.05) is 30.7 Å². The lowest BCUT2D eigenvalue weighted by molar-refractivity contribution is 0.0698. The van der Waals surface area contributed by atoms with Crippen LogP contribution in [0.3, 0.4) is 0 Å². The molecule has 0 radical (unpaired) electrons. The maximum absolute atomic E-state index is 11.4. The Morgan fingerprint density at radius 1 is 1.37 bits per heavy atom. The summed E-state index contributed by atoms with van der Waals surface area (Å²) >= 11 is 0. The van der Waals surface area contributed by atoms with Crippen LogP contribution in [-0.4, -0.2) is 27.4 Å². The Morgan fingerprint density at radius 3 is 2.68 bits per heavy atom. The van der Waals surface area contributed by atoms with Crippen LogP contribution in [0.1, 0.15) is 42.2 Å². The molecule has 2 N–H and O–H groups in total. The van der Waals surface area contributed by atoms with Crippen LogP contribution in [0.5, 0.6) is 0 Å². The second-order valence-electron chi connectivity index (χ2n) is 4.99. The number of rotatable bonds is 5. The highest BCUT2D eigenvalue weighted by atomic mass is 16.4. The number of para-hydroxylation sites is 1. The Hall–Kier alpha value is -1.81. The molecule has 0 fully saturated rings. The minimum Gasteiger partial charge on any atom is -0.478 e. The zero-order chi connectivity index (χ0) is 14.0. The number of carboxylic acid groups (broad SMARTS) is 1. The minimum absolute atomic E-state index is 0.146. The van der Waals surface area contributed by atoms with E-state index in [0.29, 0.717) is 12.0 Å². The van der Waals surface area contributed by atoms with E-state index in [0.717, 1.165) is 22.9 Å². The van der Waals surface area contributed by atoms with E-state index < -0.39 is 5.97 Å². The summed E-state index contributed by atoms with van der Waals surface area (Å²) < 4.78 is 2.01. The van der Waals surface area contributed by atoms with Gasteiger partial charge < -0.3 is 14.8 Å². The number of nitrogens with zero attached hydrogens (tertiary/aromatic N) is 1. The number of hydrogen-bond acceptors (Lipinski definition) is 2. The molecule has 1 aromatic heterocycles. The van der Waals surface area contributed by atoms with Gasteiger partial charge in [0.15, 0.2) is 0 Å². The van der Waals surface area contributed by atoms with Crippen LogP contribution < -0.4 is 0 Å². The first-order valence-corrected chi connectivity index (χ1v) is 6.52. The van der Waals surface area contributed by atoms with Gasteiger partial charge in [-0.3, -0.25) is 0 Å². The average molecular weight is 261 g/mol. The Labute approximate surface area is 112 Å². The first-order valence-electron chi connectivity index (χ1n) is 6.52. The zero-order valence-electron chi connectivity index (χ0n) is 11.3. The highest BCUT2D eigenvalue weighted by Crippen LogP contribution is 2.28. The number of carbonyl (C=O) groups is 1. The van der Waals surface area contributed by atoms with Gasteiger partial charge >= 0.3 is 5.97 Å². The van der Waals surface area contributed by atoms with E-state index in [9.17, 15) is 9.90 Å².